The Bertz CT molecular complexity index is 660. The first kappa shape index (κ1) is 18.1. The van der Waals surface area contributed by atoms with Crippen molar-refractivity contribution in [3.8, 4) is 5.75 Å². The van der Waals surface area contributed by atoms with Gasteiger partial charge in [0.15, 0.2) is 5.75 Å². The number of nitrogens with one attached hydrogen (secondary N) is 2. The van der Waals surface area contributed by atoms with Crippen LogP contribution >= 0.6 is 11.6 Å². The van der Waals surface area contributed by atoms with Crippen LogP contribution < -0.4 is 15.4 Å². The second-order valence-electron chi connectivity index (χ2n) is 5.72. The third kappa shape index (κ3) is 5.78. The Morgan fingerprint density at radius 1 is 1.12 bits per heavy atom. The van der Waals surface area contributed by atoms with Crippen molar-refractivity contribution in [3.63, 3.8) is 0 Å². The molecule has 4 nitrogen and oxygen atoms in total. The molecule has 0 aliphatic rings. The van der Waals surface area contributed by atoms with Crippen LogP contribution in [-0.2, 0) is 11.2 Å². The van der Waals surface area contributed by atoms with Gasteiger partial charge < -0.3 is 15.4 Å². The van der Waals surface area contributed by atoms with Crippen molar-refractivity contribution in [1.82, 2.24) is 5.32 Å². The molecule has 0 heterocycles. The van der Waals surface area contributed by atoms with E-state index < -0.39 is 0 Å². The molecule has 2 rings (SSSR count). The summed E-state index contributed by atoms with van der Waals surface area (Å²) in [4.78, 5) is 12.0. The molecule has 0 unspecified atom stereocenters. The summed E-state index contributed by atoms with van der Waals surface area (Å²) < 4.78 is 5.72. The molecule has 2 aromatic rings. The molecule has 0 saturated carbocycles. The van der Waals surface area contributed by atoms with Crippen molar-refractivity contribution in [1.29, 1.82) is 0 Å². The molecule has 0 aliphatic heterocycles. The van der Waals surface area contributed by atoms with Gasteiger partial charge in [-0.05, 0) is 38.0 Å². The Hall–Kier alpha value is -2.20. The van der Waals surface area contributed by atoms with Crippen LogP contribution in [-0.4, -0.2) is 25.1 Å². The van der Waals surface area contributed by atoms with Gasteiger partial charge >= 0.3 is 0 Å². The van der Waals surface area contributed by atoms with E-state index in [0.717, 1.165) is 12.1 Å². The van der Waals surface area contributed by atoms with Gasteiger partial charge in [-0.2, -0.15) is 0 Å². The number of carbonyl (C=O) groups excluding carboxylic acids is 1. The molecule has 0 radical (unpaired) electrons. The van der Waals surface area contributed by atoms with Crippen LogP contribution in [0.15, 0.2) is 48.5 Å². The lowest BCUT2D eigenvalue weighted by molar-refractivity contribution is -0.119. The number of halogens is 1. The molecule has 0 fully saturated rings. The topological polar surface area (TPSA) is 50.4 Å². The number of benzene rings is 2. The van der Waals surface area contributed by atoms with Crippen LogP contribution in [0.3, 0.4) is 0 Å². The first-order chi connectivity index (χ1) is 11.6. The highest BCUT2D eigenvalue weighted by molar-refractivity contribution is 6.32. The number of amides is 1. The minimum absolute atomic E-state index is 0.00477. The number of ether oxygens (including phenoxy) is 1. The van der Waals surface area contributed by atoms with Crippen molar-refractivity contribution in [2.45, 2.75) is 26.4 Å². The monoisotopic (exact) mass is 346 g/mol. The van der Waals surface area contributed by atoms with Gasteiger partial charge in [-0.25, -0.2) is 0 Å². The maximum Gasteiger partial charge on any atom is 0.239 e. The number of carbonyl (C=O) groups is 1. The second-order valence-corrected chi connectivity index (χ2v) is 6.13. The molecule has 0 aromatic heterocycles. The molecule has 0 atom stereocenters. The highest BCUT2D eigenvalue weighted by Crippen LogP contribution is 2.33. The van der Waals surface area contributed by atoms with Crippen molar-refractivity contribution in [2.75, 3.05) is 18.4 Å². The molecule has 0 aliphatic carbocycles. The predicted molar refractivity (Wildman–Crippen MR) is 98.9 cm³/mol. The molecule has 24 heavy (non-hydrogen) atoms. The average Bonchev–Trinajstić information content (AvgIpc) is 2.56. The van der Waals surface area contributed by atoms with Crippen LogP contribution in [0.4, 0.5) is 5.69 Å². The summed E-state index contributed by atoms with van der Waals surface area (Å²) in [5.74, 6) is 0.507. The zero-order valence-electron chi connectivity index (χ0n) is 14.0. The Balaban J connectivity index is 1.82. The van der Waals surface area contributed by atoms with Gasteiger partial charge in [0.1, 0.15) is 0 Å². The molecule has 2 aromatic carbocycles. The summed E-state index contributed by atoms with van der Waals surface area (Å²) in [6.07, 6.45) is 0.816. The molecule has 128 valence electrons. The van der Waals surface area contributed by atoms with E-state index in [1.165, 1.54) is 5.56 Å². The fourth-order valence-corrected chi connectivity index (χ4v) is 2.45. The van der Waals surface area contributed by atoms with Gasteiger partial charge in [0.2, 0.25) is 5.91 Å². The normalized spacial score (nSPS) is 10.5. The van der Waals surface area contributed by atoms with Crippen LogP contribution in [0.25, 0.3) is 0 Å². The number of anilines is 1. The molecule has 1 amide bonds. The van der Waals surface area contributed by atoms with Gasteiger partial charge in [0.05, 0.1) is 23.4 Å². The van der Waals surface area contributed by atoms with Gasteiger partial charge in [0.25, 0.3) is 0 Å². The SMILES string of the molecule is CC(C)Oc1c(Cl)cccc1NCC(=O)NCCc1ccccc1. The third-order valence-electron chi connectivity index (χ3n) is 3.34. The van der Waals surface area contributed by atoms with E-state index in [2.05, 4.69) is 10.6 Å². The van der Waals surface area contributed by atoms with E-state index in [0.29, 0.717) is 17.3 Å². The standard InChI is InChI=1S/C19H23ClN2O2/c1-14(2)24-19-16(20)9-6-10-17(19)22-13-18(23)21-12-11-15-7-4-3-5-8-15/h3-10,14,22H,11-13H2,1-2H3,(H,21,23). The number of para-hydroxylation sites is 1. The minimum Gasteiger partial charge on any atom is -0.487 e. The minimum atomic E-state index is -0.0681. The van der Waals surface area contributed by atoms with Crippen molar-refractivity contribution < 1.29 is 9.53 Å². The quantitative estimate of drug-likeness (QED) is 0.762. The molecule has 0 saturated heterocycles. The van der Waals surface area contributed by atoms with Gasteiger partial charge in [-0.1, -0.05) is 48.0 Å². The third-order valence-corrected chi connectivity index (χ3v) is 3.64. The summed E-state index contributed by atoms with van der Waals surface area (Å²) in [5, 5.41) is 6.51. The van der Waals surface area contributed by atoms with E-state index in [4.69, 9.17) is 16.3 Å². The van der Waals surface area contributed by atoms with Crippen LogP contribution in [0.1, 0.15) is 19.4 Å². The Labute approximate surface area is 148 Å². The van der Waals surface area contributed by atoms with Crippen molar-refractivity contribution in [3.05, 3.63) is 59.1 Å². The first-order valence-corrected chi connectivity index (χ1v) is 8.43. The number of rotatable bonds is 8. The molecular weight excluding hydrogens is 324 g/mol. The molecular formula is C19H23ClN2O2. The molecule has 2 N–H and O–H groups in total. The summed E-state index contributed by atoms with van der Waals surface area (Å²) in [5.41, 5.74) is 1.92. The summed E-state index contributed by atoms with van der Waals surface area (Å²) in [7, 11) is 0. The maximum atomic E-state index is 12.0. The van der Waals surface area contributed by atoms with E-state index in [9.17, 15) is 4.79 Å². The fraction of sp³-hybridized carbons (Fsp3) is 0.316. The first-order valence-electron chi connectivity index (χ1n) is 8.06. The average molecular weight is 347 g/mol. The Kier molecular flexibility index (Phi) is 6.94. The largest absolute Gasteiger partial charge is 0.487 e. The van der Waals surface area contributed by atoms with E-state index in [1.54, 1.807) is 6.07 Å². The highest BCUT2D eigenvalue weighted by atomic mass is 35.5. The lowest BCUT2D eigenvalue weighted by atomic mass is 10.1. The van der Waals surface area contributed by atoms with Gasteiger partial charge in [-0.3, -0.25) is 4.79 Å². The fourth-order valence-electron chi connectivity index (χ4n) is 2.23. The molecule has 5 heteroatoms. The smallest absolute Gasteiger partial charge is 0.239 e. The lowest BCUT2D eigenvalue weighted by Gasteiger charge is -2.16. The predicted octanol–water partition coefficient (Wildman–Crippen LogP) is 3.90. The van der Waals surface area contributed by atoms with Crippen molar-refractivity contribution in [2.24, 2.45) is 0 Å². The highest BCUT2D eigenvalue weighted by Gasteiger charge is 2.11. The van der Waals surface area contributed by atoms with Crippen LogP contribution in [0.5, 0.6) is 5.75 Å². The van der Waals surface area contributed by atoms with Crippen LogP contribution in [0, 0.1) is 0 Å². The number of hydrogen-bond donors (Lipinski definition) is 2. The maximum absolute atomic E-state index is 12.0. The van der Waals surface area contributed by atoms with E-state index in [1.807, 2.05) is 56.3 Å². The molecule has 0 spiro atoms. The zero-order chi connectivity index (χ0) is 17.4. The lowest BCUT2D eigenvalue weighted by Crippen LogP contribution is -2.31. The van der Waals surface area contributed by atoms with Gasteiger partial charge in [-0.15, -0.1) is 0 Å². The van der Waals surface area contributed by atoms with Gasteiger partial charge in [0, 0.05) is 6.54 Å². The van der Waals surface area contributed by atoms with E-state index >= 15 is 0 Å². The zero-order valence-corrected chi connectivity index (χ0v) is 14.8. The summed E-state index contributed by atoms with van der Waals surface area (Å²) in [6, 6.07) is 15.5. The Morgan fingerprint density at radius 3 is 2.58 bits per heavy atom. The van der Waals surface area contributed by atoms with Crippen LogP contribution in [0.2, 0.25) is 5.02 Å². The summed E-state index contributed by atoms with van der Waals surface area (Å²) >= 11 is 6.17. The molecule has 0 bridgehead atoms. The second kappa shape index (κ2) is 9.18. The van der Waals surface area contributed by atoms with E-state index in [-0.39, 0.29) is 18.6 Å². The van der Waals surface area contributed by atoms with Crippen molar-refractivity contribution >= 4 is 23.2 Å². The Morgan fingerprint density at radius 2 is 1.88 bits per heavy atom. The summed E-state index contributed by atoms with van der Waals surface area (Å²) in [6.45, 7) is 4.64. The number of hydrogen-bond acceptors (Lipinski definition) is 3.